The molecule has 0 atom stereocenters. The number of benzene rings is 2. The number of hydrogen-bond acceptors (Lipinski definition) is 4. The number of aryl methyl sites for hydroxylation is 2. The van der Waals surface area contributed by atoms with Crippen molar-refractivity contribution in [3.05, 3.63) is 75.7 Å². The van der Waals surface area contributed by atoms with Crippen LogP contribution in [0, 0.1) is 5.82 Å². The van der Waals surface area contributed by atoms with Crippen LogP contribution in [0.5, 0.6) is 0 Å². The topological polar surface area (TPSA) is 75.3 Å². The number of carbonyl (C=O) groups excluding carboxylic acids is 1. The van der Waals surface area contributed by atoms with Crippen molar-refractivity contribution < 1.29 is 17.6 Å². The van der Waals surface area contributed by atoms with Crippen LogP contribution < -0.4 is 10.0 Å². The first-order valence-corrected chi connectivity index (χ1v) is 11.0. The Hall–Kier alpha value is -2.71. The molecule has 0 aliphatic heterocycles. The fourth-order valence-corrected chi connectivity index (χ4v) is 5.29. The van der Waals surface area contributed by atoms with E-state index in [2.05, 4.69) is 10.0 Å². The van der Waals surface area contributed by atoms with Crippen molar-refractivity contribution in [3.63, 3.8) is 0 Å². The van der Waals surface area contributed by atoms with Gasteiger partial charge in [-0.3, -0.25) is 9.52 Å². The normalized spacial score (nSPS) is 13.2. The van der Waals surface area contributed by atoms with Gasteiger partial charge in [0.25, 0.3) is 15.9 Å². The molecule has 2 aromatic carbocycles. The number of sulfonamides is 1. The number of rotatable bonds is 5. The van der Waals surface area contributed by atoms with Crippen molar-refractivity contribution in [2.75, 3.05) is 10.0 Å². The summed E-state index contributed by atoms with van der Waals surface area (Å²) in [6.07, 6.45) is 3.22. The van der Waals surface area contributed by atoms with Crippen molar-refractivity contribution in [2.45, 2.75) is 24.2 Å². The lowest BCUT2D eigenvalue weighted by molar-refractivity contribution is 0.103. The van der Waals surface area contributed by atoms with Crippen LogP contribution in [0.4, 0.5) is 15.8 Å². The predicted octanol–water partition coefficient (Wildman–Crippen LogP) is 4.43. The number of nitrogens with one attached hydrogen (secondary N) is 2. The maximum Gasteiger partial charge on any atom is 0.265 e. The molecule has 28 heavy (non-hydrogen) atoms. The molecule has 1 heterocycles. The van der Waals surface area contributed by atoms with Crippen LogP contribution in [0.2, 0.25) is 0 Å². The van der Waals surface area contributed by atoms with Crippen LogP contribution in [0.1, 0.15) is 26.5 Å². The monoisotopic (exact) mass is 416 g/mol. The van der Waals surface area contributed by atoms with E-state index in [1.54, 1.807) is 24.3 Å². The van der Waals surface area contributed by atoms with E-state index in [-0.39, 0.29) is 10.8 Å². The highest BCUT2D eigenvalue weighted by molar-refractivity contribution is 7.92. The minimum absolute atomic E-state index is 0.0305. The van der Waals surface area contributed by atoms with Gasteiger partial charge in [-0.05, 0) is 79.4 Å². The number of carbonyl (C=O) groups is 1. The van der Waals surface area contributed by atoms with Crippen molar-refractivity contribution >= 4 is 38.6 Å². The third kappa shape index (κ3) is 3.93. The van der Waals surface area contributed by atoms with Gasteiger partial charge in [0.05, 0.1) is 9.77 Å². The molecule has 1 aliphatic rings. The van der Waals surface area contributed by atoms with Crippen molar-refractivity contribution in [2.24, 2.45) is 0 Å². The zero-order valence-electron chi connectivity index (χ0n) is 14.7. The van der Waals surface area contributed by atoms with Crippen molar-refractivity contribution in [1.29, 1.82) is 0 Å². The minimum atomic E-state index is -3.81. The van der Waals surface area contributed by atoms with E-state index >= 15 is 0 Å². The Morgan fingerprint density at radius 3 is 2.32 bits per heavy atom. The first-order valence-electron chi connectivity index (χ1n) is 8.72. The largest absolute Gasteiger partial charge is 0.321 e. The average molecular weight is 416 g/mol. The quantitative estimate of drug-likeness (QED) is 0.646. The predicted molar refractivity (Wildman–Crippen MR) is 108 cm³/mol. The van der Waals surface area contributed by atoms with Gasteiger partial charge in [-0.15, -0.1) is 11.3 Å². The molecule has 0 saturated carbocycles. The molecule has 0 bridgehead atoms. The van der Waals surface area contributed by atoms with Crippen LogP contribution in [-0.4, -0.2) is 14.3 Å². The molecule has 0 fully saturated rings. The zero-order chi connectivity index (χ0) is 19.7. The van der Waals surface area contributed by atoms with Gasteiger partial charge in [0, 0.05) is 16.3 Å². The standard InChI is InChI=1S/C20H17FN2O3S2/c21-14-4-10-17(11-5-14)28(25,26)23-16-8-6-15(7-9-16)22-20(24)19-12-13-2-1-3-18(13)27-19/h4-12,23H,1-3H2,(H,22,24). The summed E-state index contributed by atoms with van der Waals surface area (Å²) < 4.78 is 40.1. The second kappa shape index (κ2) is 7.37. The molecule has 2 N–H and O–H groups in total. The number of fused-ring (bicyclic) bond motifs is 1. The molecule has 5 nitrogen and oxygen atoms in total. The van der Waals surface area contributed by atoms with Gasteiger partial charge in [-0.2, -0.15) is 0 Å². The van der Waals surface area contributed by atoms with Gasteiger partial charge in [0.15, 0.2) is 0 Å². The third-order valence-corrected chi connectivity index (χ3v) is 7.12. The maximum atomic E-state index is 13.0. The van der Waals surface area contributed by atoms with E-state index in [1.807, 2.05) is 6.07 Å². The van der Waals surface area contributed by atoms with Gasteiger partial charge in [0.1, 0.15) is 5.82 Å². The Labute approximate surface area is 166 Å². The van der Waals surface area contributed by atoms with Gasteiger partial charge < -0.3 is 5.32 Å². The summed E-state index contributed by atoms with van der Waals surface area (Å²) in [6, 6.07) is 12.9. The Morgan fingerprint density at radius 1 is 0.964 bits per heavy atom. The number of hydrogen-bond donors (Lipinski definition) is 2. The second-order valence-electron chi connectivity index (χ2n) is 6.50. The molecule has 144 valence electrons. The molecular formula is C20H17FN2O3S2. The fraction of sp³-hybridized carbons (Fsp3) is 0.150. The summed E-state index contributed by atoms with van der Waals surface area (Å²) in [7, 11) is -3.81. The van der Waals surface area contributed by atoms with E-state index in [4.69, 9.17) is 0 Å². The minimum Gasteiger partial charge on any atom is -0.321 e. The Morgan fingerprint density at radius 2 is 1.64 bits per heavy atom. The molecule has 1 aliphatic carbocycles. The van der Waals surface area contributed by atoms with Crippen molar-refractivity contribution in [1.82, 2.24) is 0 Å². The molecule has 1 amide bonds. The highest BCUT2D eigenvalue weighted by Crippen LogP contribution is 2.31. The van der Waals surface area contributed by atoms with Crippen molar-refractivity contribution in [3.8, 4) is 0 Å². The highest BCUT2D eigenvalue weighted by atomic mass is 32.2. The smallest absolute Gasteiger partial charge is 0.265 e. The van der Waals surface area contributed by atoms with E-state index < -0.39 is 15.8 Å². The van der Waals surface area contributed by atoms with Gasteiger partial charge in [-0.1, -0.05) is 0 Å². The molecule has 0 unspecified atom stereocenters. The number of thiophene rings is 1. The summed E-state index contributed by atoms with van der Waals surface area (Å²) >= 11 is 1.53. The van der Waals surface area contributed by atoms with Crippen LogP contribution in [-0.2, 0) is 22.9 Å². The van der Waals surface area contributed by atoms with Crippen LogP contribution in [0.25, 0.3) is 0 Å². The number of amides is 1. The van der Waals surface area contributed by atoms with E-state index in [0.717, 1.165) is 31.4 Å². The first-order chi connectivity index (χ1) is 13.4. The Bertz CT molecular complexity index is 1100. The lowest BCUT2D eigenvalue weighted by atomic mass is 10.2. The lowest BCUT2D eigenvalue weighted by Crippen LogP contribution is -2.13. The molecule has 0 radical (unpaired) electrons. The summed E-state index contributed by atoms with van der Waals surface area (Å²) in [6.45, 7) is 0. The summed E-state index contributed by atoms with van der Waals surface area (Å²) in [5.41, 5.74) is 2.18. The zero-order valence-corrected chi connectivity index (χ0v) is 16.4. The Balaban J connectivity index is 1.43. The number of halogens is 1. The molecule has 0 saturated heterocycles. The summed E-state index contributed by atoms with van der Waals surface area (Å²) in [4.78, 5) is 14.3. The highest BCUT2D eigenvalue weighted by Gasteiger charge is 2.19. The van der Waals surface area contributed by atoms with Crippen LogP contribution in [0.3, 0.4) is 0 Å². The molecule has 1 aromatic heterocycles. The average Bonchev–Trinajstić information content (AvgIpc) is 3.25. The fourth-order valence-electron chi connectivity index (χ4n) is 3.08. The van der Waals surface area contributed by atoms with E-state index in [9.17, 15) is 17.6 Å². The van der Waals surface area contributed by atoms with Crippen LogP contribution >= 0.6 is 11.3 Å². The summed E-state index contributed by atoms with van der Waals surface area (Å²) in [5, 5.41) is 2.83. The number of anilines is 2. The third-order valence-electron chi connectivity index (χ3n) is 4.49. The first kappa shape index (κ1) is 18.6. The van der Waals surface area contributed by atoms with E-state index in [1.165, 1.54) is 33.9 Å². The molecular weight excluding hydrogens is 399 g/mol. The Kier molecular flexibility index (Phi) is 4.91. The van der Waals surface area contributed by atoms with Gasteiger partial charge in [-0.25, -0.2) is 12.8 Å². The molecule has 3 aromatic rings. The second-order valence-corrected chi connectivity index (χ2v) is 9.32. The molecule has 4 rings (SSSR count). The van der Waals surface area contributed by atoms with Gasteiger partial charge in [0.2, 0.25) is 0 Å². The SMILES string of the molecule is O=C(Nc1ccc(NS(=O)(=O)c2ccc(F)cc2)cc1)c1cc2c(s1)CCC2. The van der Waals surface area contributed by atoms with Crippen LogP contribution in [0.15, 0.2) is 59.5 Å². The maximum absolute atomic E-state index is 13.0. The van der Waals surface area contributed by atoms with E-state index in [0.29, 0.717) is 16.3 Å². The molecule has 0 spiro atoms. The lowest BCUT2D eigenvalue weighted by Gasteiger charge is -2.09. The summed E-state index contributed by atoms with van der Waals surface area (Å²) in [5.74, 6) is -0.672. The van der Waals surface area contributed by atoms with Gasteiger partial charge >= 0.3 is 0 Å². The molecule has 8 heteroatoms.